The van der Waals surface area contributed by atoms with Crippen molar-refractivity contribution in [3.8, 4) is 5.75 Å². The van der Waals surface area contributed by atoms with Gasteiger partial charge in [-0.25, -0.2) is 0 Å². The minimum atomic E-state index is -0.0495. The lowest BCUT2D eigenvalue weighted by atomic mass is 10.0. The van der Waals surface area contributed by atoms with E-state index in [1.807, 2.05) is 36.4 Å². The number of aromatic nitrogens is 1. The first-order valence-electron chi connectivity index (χ1n) is 6.42. The molecule has 3 rings (SSSR count). The van der Waals surface area contributed by atoms with Crippen molar-refractivity contribution in [2.45, 2.75) is 0 Å². The van der Waals surface area contributed by atoms with Gasteiger partial charge in [-0.05, 0) is 42.5 Å². The standard InChI is InChI=1S/C17H12BrNO2/c1-21-13-5-6-15(18)14(10-13)17(20)12-4-7-16-11(9-12)3-2-8-19-16/h2-10H,1H3. The molecule has 104 valence electrons. The number of nitrogens with zero attached hydrogens (tertiary/aromatic N) is 1. The zero-order valence-electron chi connectivity index (χ0n) is 11.3. The van der Waals surface area contributed by atoms with E-state index < -0.39 is 0 Å². The molecule has 0 N–H and O–H groups in total. The fourth-order valence-electron chi connectivity index (χ4n) is 2.18. The summed E-state index contributed by atoms with van der Waals surface area (Å²) in [6.45, 7) is 0. The van der Waals surface area contributed by atoms with E-state index in [0.717, 1.165) is 15.4 Å². The van der Waals surface area contributed by atoms with Crippen LogP contribution in [0.2, 0.25) is 0 Å². The van der Waals surface area contributed by atoms with Crippen LogP contribution in [0.4, 0.5) is 0 Å². The molecular formula is C17H12BrNO2. The Morgan fingerprint density at radius 3 is 2.81 bits per heavy atom. The third-order valence-corrected chi connectivity index (χ3v) is 3.97. The normalized spacial score (nSPS) is 10.6. The number of hydrogen-bond donors (Lipinski definition) is 0. The lowest BCUT2D eigenvalue weighted by molar-refractivity contribution is 0.103. The summed E-state index contributed by atoms with van der Waals surface area (Å²) in [5.74, 6) is 0.607. The van der Waals surface area contributed by atoms with Gasteiger partial charge in [0.2, 0.25) is 0 Å². The molecule has 1 aromatic heterocycles. The van der Waals surface area contributed by atoms with Gasteiger partial charge >= 0.3 is 0 Å². The van der Waals surface area contributed by atoms with Gasteiger partial charge in [0, 0.05) is 27.2 Å². The molecule has 0 aliphatic carbocycles. The fraction of sp³-hybridized carbons (Fsp3) is 0.0588. The van der Waals surface area contributed by atoms with Gasteiger partial charge in [-0.3, -0.25) is 9.78 Å². The van der Waals surface area contributed by atoms with E-state index >= 15 is 0 Å². The van der Waals surface area contributed by atoms with E-state index in [4.69, 9.17) is 4.74 Å². The summed E-state index contributed by atoms with van der Waals surface area (Å²) in [5, 5.41) is 0.947. The first-order chi connectivity index (χ1) is 10.2. The molecule has 2 aromatic carbocycles. The summed E-state index contributed by atoms with van der Waals surface area (Å²) in [5.41, 5.74) is 2.08. The highest BCUT2D eigenvalue weighted by Gasteiger charge is 2.14. The summed E-state index contributed by atoms with van der Waals surface area (Å²) < 4.78 is 5.93. The Morgan fingerprint density at radius 2 is 2.00 bits per heavy atom. The smallest absolute Gasteiger partial charge is 0.194 e. The SMILES string of the molecule is COc1ccc(Br)c(C(=O)c2ccc3ncccc3c2)c1. The van der Waals surface area contributed by atoms with Gasteiger partial charge in [0.25, 0.3) is 0 Å². The number of carbonyl (C=O) groups excluding carboxylic acids is 1. The number of benzene rings is 2. The Kier molecular flexibility index (Phi) is 3.71. The minimum absolute atomic E-state index is 0.0495. The molecule has 4 heteroatoms. The van der Waals surface area contributed by atoms with Gasteiger partial charge in [-0.2, -0.15) is 0 Å². The van der Waals surface area contributed by atoms with Crippen LogP contribution >= 0.6 is 15.9 Å². The molecule has 0 atom stereocenters. The first kappa shape index (κ1) is 13.8. The molecule has 0 amide bonds. The van der Waals surface area contributed by atoms with Gasteiger partial charge in [0.05, 0.1) is 12.6 Å². The molecule has 0 fully saturated rings. The zero-order chi connectivity index (χ0) is 14.8. The highest BCUT2D eigenvalue weighted by molar-refractivity contribution is 9.10. The zero-order valence-corrected chi connectivity index (χ0v) is 12.9. The summed E-state index contributed by atoms with van der Waals surface area (Å²) in [6.07, 6.45) is 1.74. The largest absolute Gasteiger partial charge is 0.497 e. The number of hydrogen-bond acceptors (Lipinski definition) is 3. The fourth-order valence-corrected chi connectivity index (χ4v) is 2.60. The van der Waals surface area contributed by atoms with E-state index in [-0.39, 0.29) is 5.78 Å². The number of fused-ring (bicyclic) bond motifs is 1. The van der Waals surface area contributed by atoms with Crippen LogP contribution in [0.25, 0.3) is 10.9 Å². The summed E-state index contributed by atoms with van der Waals surface area (Å²) in [7, 11) is 1.58. The maximum absolute atomic E-state index is 12.7. The second-order valence-electron chi connectivity index (χ2n) is 4.59. The lowest BCUT2D eigenvalue weighted by Crippen LogP contribution is -2.03. The van der Waals surface area contributed by atoms with Gasteiger partial charge in [0.1, 0.15) is 5.75 Å². The molecular weight excluding hydrogens is 330 g/mol. The second-order valence-corrected chi connectivity index (χ2v) is 5.44. The molecule has 0 saturated carbocycles. The first-order valence-corrected chi connectivity index (χ1v) is 7.21. The predicted octanol–water partition coefficient (Wildman–Crippen LogP) is 4.24. The molecule has 3 nitrogen and oxygen atoms in total. The molecule has 3 aromatic rings. The topological polar surface area (TPSA) is 39.2 Å². The molecule has 0 aliphatic rings. The molecule has 21 heavy (non-hydrogen) atoms. The van der Waals surface area contributed by atoms with E-state index in [1.54, 1.807) is 25.4 Å². The van der Waals surface area contributed by atoms with Crippen LogP contribution in [0.5, 0.6) is 5.75 Å². The van der Waals surface area contributed by atoms with E-state index in [1.165, 1.54) is 0 Å². The van der Waals surface area contributed by atoms with Crippen molar-refractivity contribution in [2.75, 3.05) is 7.11 Å². The van der Waals surface area contributed by atoms with Crippen molar-refractivity contribution in [3.63, 3.8) is 0 Å². The number of rotatable bonds is 3. The average Bonchev–Trinajstić information content (AvgIpc) is 2.54. The summed E-state index contributed by atoms with van der Waals surface area (Å²) >= 11 is 3.42. The second kappa shape index (κ2) is 5.66. The van der Waals surface area contributed by atoms with Crippen LogP contribution in [0, 0.1) is 0 Å². The van der Waals surface area contributed by atoms with Crippen molar-refractivity contribution in [1.29, 1.82) is 0 Å². The monoisotopic (exact) mass is 341 g/mol. The minimum Gasteiger partial charge on any atom is -0.497 e. The molecule has 0 spiro atoms. The maximum Gasteiger partial charge on any atom is 0.194 e. The Labute approximate surface area is 130 Å². The van der Waals surface area contributed by atoms with E-state index in [9.17, 15) is 4.79 Å². The average molecular weight is 342 g/mol. The van der Waals surface area contributed by atoms with Crippen molar-refractivity contribution in [3.05, 3.63) is 70.3 Å². The predicted molar refractivity (Wildman–Crippen MR) is 85.9 cm³/mol. The molecule has 0 unspecified atom stereocenters. The van der Waals surface area contributed by atoms with Crippen LogP contribution < -0.4 is 4.74 Å². The van der Waals surface area contributed by atoms with Crippen molar-refractivity contribution < 1.29 is 9.53 Å². The van der Waals surface area contributed by atoms with Crippen molar-refractivity contribution >= 4 is 32.6 Å². The van der Waals surface area contributed by atoms with Gasteiger partial charge in [-0.1, -0.05) is 22.0 Å². The molecule has 0 bridgehead atoms. The van der Waals surface area contributed by atoms with Gasteiger partial charge in [-0.15, -0.1) is 0 Å². The van der Waals surface area contributed by atoms with Crippen LogP contribution in [-0.4, -0.2) is 17.9 Å². The maximum atomic E-state index is 12.7. The number of ketones is 1. The highest BCUT2D eigenvalue weighted by atomic mass is 79.9. The Bertz CT molecular complexity index is 830. The molecule has 1 heterocycles. The molecule has 0 saturated heterocycles. The Hall–Kier alpha value is -2.20. The number of carbonyl (C=O) groups is 1. The molecule has 0 radical (unpaired) electrons. The number of pyridine rings is 1. The lowest BCUT2D eigenvalue weighted by Gasteiger charge is -2.07. The summed E-state index contributed by atoms with van der Waals surface area (Å²) in [6, 6.07) is 14.7. The number of methoxy groups -OCH3 is 1. The van der Waals surface area contributed by atoms with Gasteiger partial charge in [0.15, 0.2) is 5.78 Å². The molecule has 0 aliphatic heterocycles. The third kappa shape index (κ3) is 2.67. The van der Waals surface area contributed by atoms with Crippen molar-refractivity contribution in [2.24, 2.45) is 0 Å². The summed E-state index contributed by atoms with van der Waals surface area (Å²) in [4.78, 5) is 16.9. The van der Waals surface area contributed by atoms with Gasteiger partial charge < -0.3 is 4.74 Å². The van der Waals surface area contributed by atoms with Crippen LogP contribution in [0.1, 0.15) is 15.9 Å². The third-order valence-electron chi connectivity index (χ3n) is 3.28. The van der Waals surface area contributed by atoms with E-state index in [0.29, 0.717) is 16.9 Å². The number of ether oxygens (including phenoxy) is 1. The highest BCUT2D eigenvalue weighted by Crippen LogP contribution is 2.26. The number of halogens is 1. The van der Waals surface area contributed by atoms with Crippen LogP contribution in [0.15, 0.2) is 59.2 Å². The van der Waals surface area contributed by atoms with Crippen LogP contribution in [-0.2, 0) is 0 Å². The quantitative estimate of drug-likeness (QED) is 0.669. The van der Waals surface area contributed by atoms with E-state index in [2.05, 4.69) is 20.9 Å². The van der Waals surface area contributed by atoms with Crippen LogP contribution in [0.3, 0.4) is 0 Å². The van der Waals surface area contributed by atoms with Crippen molar-refractivity contribution in [1.82, 2.24) is 4.98 Å². The Balaban J connectivity index is 2.07. The Morgan fingerprint density at radius 1 is 1.14 bits per heavy atom.